The van der Waals surface area contributed by atoms with Crippen LogP contribution in [0.5, 0.6) is 0 Å². The van der Waals surface area contributed by atoms with Crippen LogP contribution < -0.4 is 5.32 Å². The predicted molar refractivity (Wildman–Crippen MR) is 87.8 cm³/mol. The number of likely N-dealkylation sites (N-methyl/N-ethyl adjacent to an activating group) is 1. The highest BCUT2D eigenvalue weighted by atomic mass is 35.5. The Balaban J connectivity index is 1.91. The molecule has 1 aliphatic carbocycles. The van der Waals surface area contributed by atoms with Gasteiger partial charge in [0.25, 0.3) is 11.8 Å². The molecule has 0 bridgehead atoms. The molecule has 1 saturated carbocycles. The molecular formula is C16H19ClF3N3O3. The van der Waals surface area contributed by atoms with Crippen molar-refractivity contribution in [2.45, 2.75) is 37.6 Å². The third kappa shape index (κ3) is 5.57. The second-order valence-corrected chi connectivity index (χ2v) is 6.74. The van der Waals surface area contributed by atoms with Crippen LogP contribution >= 0.6 is 11.6 Å². The first-order valence-electron chi connectivity index (χ1n) is 7.89. The van der Waals surface area contributed by atoms with E-state index in [0.717, 1.165) is 0 Å². The molecule has 0 aliphatic heterocycles. The monoisotopic (exact) mass is 393 g/mol. The molecule has 1 fully saturated rings. The van der Waals surface area contributed by atoms with Gasteiger partial charge in [-0.3, -0.25) is 9.59 Å². The zero-order valence-electron chi connectivity index (χ0n) is 14.3. The van der Waals surface area contributed by atoms with Crippen molar-refractivity contribution in [2.75, 3.05) is 20.2 Å². The Morgan fingerprint density at radius 2 is 2.12 bits per heavy atom. The molecule has 0 aromatic carbocycles. The highest BCUT2D eigenvalue weighted by Crippen LogP contribution is 2.36. The number of halogens is 4. The van der Waals surface area contributed by atoms with E-state index in [9.17, 15) is 22.8 Å². The lowest BCUT2D eigenvalue weighted by Crippen LogP contribution is -2.49. The Kier molecular flexibility index (Phi) is 6.13. The molecule has 1 aromatic rings. The molecule has 1 atom stereocenters. The van der Waals surface area contributed by atoms with Gasteiger partial charge in [0, 0.05) is 19.8 Å². The third-order valence-corrected chi connectivity index (χ3v) is 4.27. The second-order valence-electron chi connectivity index (χ2n) is 6.33. The van der Waals surface area contributed by atoms with Crippen LogP contribution in [0.2, 0.25) is 5.02 Å². The Hall–Kier alpha value is -1.87. The Labute approximate surface area is 153 Å². The molecule has 10 heteroatoms. The Morgan fingerprint density at radius 3 is 2.65 bits per heavy atom. The van der Waals surface area contributed by atoms with Crippen molar-refractivity contribution < 1.29 is 27.5 Å². The summed E-state index contributed by atoms with van der Waals surface area (Å²) in [5.41, 5.74) is -0.553. The molecular weight excluding hydrogens is 375 g/mol. The summed E-state index contributed by atoms with van der Waals surface area (Å²) in [6.07, 6.45) is -3.02. The quantitative estimate of drug-likeness (QED) is 0.772. The van der Waals surface area contributed by atoms with Gasteiger partial charge in [0.2, 0.25) is 0 Å². The SMILES string of the molecule is CC(OCC(F)(F)F)C(=O)N(C)CC1(NC(=O)c2ncccc2Cl)CC1. The van der Waals surface area contributed by atoms with Crippen LogP contribution in [0.4, 0.5) is 13.2 Å². The molecule has 1 unspecified atom stereocenters. The highest BCUT2D eigenvalue weighted by Gasteiger charge is 2.46. The summed E-state index contributed by atoms with van der Waals surface area (Å²) in [4.78, 5) is 29.7. The van der Waals surface area contributed by atoms with Gasteiger partial charge in [0.05, 0.1) is 10.6 Å². The summed E-state index contributed by atoms with van der Waals surface area (Å²) < 4.78 is 41.1. The Bertz CT molecular complexity index is 680. The van der Waals surface area contributed by atoms with Crippen molar-refractivity contribution >= 4 is 23.4 Å². The van der Waals surface area contributed by atoms with Gasteiger partial charge in [-0.2, -0.15) is 13.2 Å². The van der Waals surface area contributed by atoms with Crippen molar-refractivity contribution in [3.05, 3.63) is 29.0 Å². The fourth-order valence-corrected chi connectivity index (χ4v) is 2.67. The number of hydrogen-bond donors (Lipinski definition) is 1. The van der Waals surface area contributed by atoms with E-state index in [2.05, 4.69) is 15.0 Å². The summed E-state index contributed by atoms with van der Waals surface area (Å²) in [6, 6.07) is 3.14. The zero-order valence-corrected chi connectivity index (χ0v) is 15.0. The normalized spacial score (nSPS) is 16.7. The molecule has 0 saturated heterocycles. The number of rotatable bonds is 7. The molecule has 26 heavy (non-hydrogen) atoms. The summed E-state index contributed by atoms with van der Waals surface area (Å²) >= 11 is 5.94. The molecule has 2 rings (SSSR count). The van der Waals surface area contributed by atoms with E-state index in [0.29, 0.717) is 12.8 Å². The lowest BCUT2D eigenvalue weighted by atomic mass is 10.2. The van der Waals surface area contributed by atoms with E-state index in [1.807, 2.05) is 0 Å². The number of amides is 2. The van der Waals surface area contributed by atoms with Gasteiger partial charge in [0.15, 0.2) is 0 Å². The van der Waals surface area contributed by atoms with Crippen molar-refractivity contribution in [2.24, 2.45) is 0 Å². The summed E-state index contributed by atoms with van der Waals surface area (Å²) in [5.74, 6) is -1.05. The van der Waals surface area contributed by atoms with Gasteiger partial charge in [-0.25, -0.2) is 4.98 Å². The van der Waals surface area contributed by atoms with Crippen molar-refractivity contribution in [1.82, 2.24) is 15.2 Å². The average molecular weight is 394 g/mol. The average Bonchev–Trinajstić information content (AvgIpc) is 3.30. The van der Waals surface area contributed by atoms with E-state index in [1.54, 1.807) is 12.1 Å². The highest BCUT2D eigenvalue weighted by molar-refractivity contribution is 6.33. The number of pyridine rings is 1. The van der Waals surface area contributed by atoms with Crippen LogP contribution in [-0.2, 0) is 9.53 Å². The second kappa shape index (κ2) is 7.79. The van der Waals surface area contributed by atoms with E-state index in [-0.39, 0.29) is 17.3 Å². The van der Waals surface area contributed by atoms with Crippen molar-refractivity contribution in [3.63, 3.8) is 0 Å². The maximum Gasteiger partial charge on any atom is 0.411 e. The largest absolute Gasteiger partial charge is 0.411 e. The lowest BCUT2D eigenvalue weighted by molar-refractivity contribution is -0.188. The zero-order chi connectivity index (χ0) is 19.5. The number of aromatic nitrogens is 1. The number of carbonyl (C=O) groups excluding carboxylic acids is 2. The van der Waals surface area contributed by atoms with Gasteiger partial charge in [0.1, 0.15) is 18.4 Å². The molecule has 1 aliphatic rings. The smallest absolute Gasteiger partial charge is 0.359 e. The predicted octanol–water partition coefficient (Wildman–Crippen LogP) is 2.42. The molecule has 0 spiro atoms. The van der Waals surface area contributed by atoms with Crippen molar-refractivity contribution in [3.8, 4) is 0 Å². The topological polar surface area (TPSA) is 71.5 Å². The summed E-state index contributed by atoms with van der Waals surface area (Å²) in [5, 5.41) is 3.01. The Morgan fingerprint density at radius 1 is 1.46 bits per heavy atom. The molecule has 1 aromatic heterocycles. The minimum atomic E-state index is -4.50. The minimum absolute atomic E-state index is 0.0799. The first kappa shape index (κ1) is 20.4. The van der Waals surface area contributed by atoms with Gasteiger partial charge >= 0.3 is 6.18 Å². The molecule has 144 valence electrons. The number of carbonyl (C=O) groups is 2. The van der Waals surface area contributed by atoms with Crippen LogP contribution in [0.15, 0.2) is 18.3 Å². The molecule has 6 nitrogen and oxygen atoms in total. The van der Waals surface area contributed by atoms with Gasteiger partial charge in [-0.05, 0) is 31.9 Å². The van der Waals surface area contributed by atoms with Gasteiger partial charge < -0.3 is 15.0 Å². The van der Waals surface area contributed by atoms with E-state index in [1.165, 1.54) is 25.1 Å². The lowest BCUT2D eigenvalue weighted by Gasteiger charge is -2.27. The number of ether oxygens (including phenoxy) is 1. The summed E-state index contributed by atoms with van der Waals surface area (Å²) in [7, 11) is 1.45. The number of nitrogens with one attached hydrogen (secondary N) is 1. The maximum atomic E-state index is 12.3. The van der Waals surface area contributed by atoms with Crippen LogP contribution in [-0.4, -0.2) is 59.7 Å². The fraction of sp³-hybridized carbons (Fsp3) is 0.562. The van der Waals surface area contributed by atoms with Crippen LogP contribution in [0, 0.1) is 0 Å². The van der Waals surface area contributed by atoms with E-state index >= 15 is 0 Å². The first-order chi connectivity index (χ1) is 12.0. The third-order valence-electron chi connectivity index (χ3n) is 3.97. The van der Waals surface area contributed by atoms with E-state index < -0.39 is 36.2 Å². The molecule has 1 N–H and O–H groups in total. The van der Waals surface area contributed by atoms with Crippen LogP contribution in [0.25, 0.3) is 0 Å². The van der Waals surface area contributed by atoms with E-state index in [4.69, 9.17) is 11.6 Å². The van der Waals surface area contributed by atoms with Gasteiger partial charge in [-0.15, -0.1) is 0 Å². The molecule has 1 heterocycles. The standard InChI is InChI=1S/C16H19ClF3N3O3/c1-10(26-9-16(18,19)20)14(25)23(2)8-15(5-6-15)22-13(24)12-11(17)4-3-7-21-12/h3-4,7,10H,5-6,8-9H2,1-2H3,(H,22,24). The number of nitrogens with zero attached hydrogens (tertiary/aromatic N) is 2. The number of alkyl halides is 3. The minimum Gasteiger partial charge on any atom is -0.359 e. The van der Waals surface area contributed by atoms with Crippen LogP contribution in [0.1, 0.15) is 30.3 Å². The van der Waals surface area contributed by atoms with Gasteiger partial charge in [-0.1, -0.05) is 11.6 Å². The van der Waals surface area contributed by atoms with Crippen LogP contribution in [0.3, 0.4) is 0 Å². The molecule has 2 amide bonds. The fourth-order valence-electron chi connectivity index (χ4n) is 2.46. The van der Waals surface area contributed by atoms with Crippen molar-refractivity contribution in [1.29, 1.82) is 0 Å². The summed E-state index contributed by atoms with van der Waals surface area (Å²) in [6.45, 7) is -0.0774. The first-order valence-corrected chi connectivity index (χ1v) is 8.27. The molecule has 0 radical (unpaired) electrons. The number of hydrogen-bond acceptors (Lipinski definition) is 4. The maximum absolute atomic E-state index is 12.3.